The monoisotopic (exact) mass is 341 g/mol. The van der Waals surface area contributed by atoms with Crippen molar-refractivity contribution >= 4 is 5.91 Å². The fraction of sp³-hybridized carbons (Fsp3) is 0.556. The van der Waals surface area contributed by atoms with Crippen LogP contribution in [0.1, 0.15) is 25.1 Å². The Morgan fingerprint density at radius 1 is 1.32 bits per heavy atom. The summed E-state index contributed by atoms with van der Waals surface area (Å²) < 4.78 is 5.36. The smallest absolute Gasteiger partial charge is 0.225 e. The summed E-state index contributed by atoms with van der Waals surface area (Å²) >= 11 is 0. The number of nitrogens with one attached hydrogen (secondary N) is 1. The van der Waals surface area contributed by atoms with E-state index in [9.17, 15) is 4.79 Å². The Hall–Kier alpha value is -2.28. The minimum absolute atomic E-state index is 0.148. The van der Waals surface area contributed by atoms with E-state index >= 15 is 0 Å². The average Bonchev–Trinajstić information content (AvgIpc) is 3.33. The van der Waals surface area contributed by atoms with Crippen molar-refractivity contribution in [3.05, 3.63) is 30.4 Å². The molecule has 1 unspecified atom stereocenters. The molecule has 0 radical (unpaired) electrons. The van der Waals surface area contributed by atoms with Gasteiger partial charge in [0.05, 0.1) is 0 Å². The Bertz CT molecular complexity index is 711. The molecule has 2 aromatic heterocycles. The Balaban J connectivity index is 1.34. The highest BCUT2D eigenvalue weighted by atomic mass is 16.5. The van der Waals surface area contributed by atoms with Crippen LogP contribution in [0.5, 0.6) is 0 Å². The van der Waals surface area contributed by atoms with Crippen molar-refractivity contribution in [3.8, 4) is 11.4 Å². The molecule has 2 saturated heterocycles. The summed E-state index contributed by atoms with van der Waals surface area (Å²) in [4.78, 5) is 23.3. The van der Waals surface area contributed by atoms with Gasteiger partial charge in [0, 0.05) is 56.6 Å². The second-order valence-electron chi connectivity index (χ2n) is 6.88. The lowest BCUT2D eigenvalue weighted by atomic mass is 9.99. The molecule has 25 heavy (non-hydrogen) atoms. The summed E-state index contributed by atoms with van der Waals surface area (Å²) in [5.41, 5.74) is 0.910. The molecule has 7 nitrogen and oxygen atoms in total. The van der Waals surface area contributed by atoms with Gasteiger partial charge in [0.2, 0.25) is 5.91 Å². The lowest BCUT2D eigenvalue weighted by Crippen LogP contribution is -2.37. The molecule has 1 N–H and O–H groups in total. The maximum atomic E-state index is 12.6. The van der Waals surface area contributed by atoms with Gasteiger partial charge in [-0.25, -0.2) is 4.98 Å². The summed E-state index contributed by atoms with van der Waals surface area (Å²) in [7, 11) is 0. The van der Waals surface area contributed by atoms with E-state index in [4.69, 9.17) is 4.74 Å². The number of nitrogens with zero attached hydrogens (tertiary/aromatic N) is 4. The minimum atomic E-state index is 0.148. The number of H-pyrrole nitrogens is 1. The maximum absolute atomic E-state index is 12.6. The summed E-state index contributed by atoms with van der Waals surface area (Å²) in [6.45, 7) is 3.09. The predicted molar refractivity (Wildman–Crippen MR) is 91.5 cm³/mol. The average molecular weight is 341 g/mol. The Labute approximate surface area is 146 Å². The van der Waals surface area contributed by atoms with Gasteiger partial charge >= 0.3 is 0 Å². The largest absolute Gasteiger partial charge is 0.381 e. The van der Waals surface area contributed by atoms with E-state index in [1.807, 2.05) is 17.0 Å². The zero-order chi connectivity index (χ0) is 17.1. The summed E-state index contributed by atoms with van der Waals surface area (Å²) in [5.74, 6) is 2.45. The standard InChI is InChI=1S/C18H23N5O2/c24-18(14-4-8-25-9-5-14)23-7-3-13(12-23)10-16-20-17(22-21-16)15-2-1-6-19-11-15/h1-2,6,11,13-14H,3-5,7-10,12H2,(H,20,21,22). The Kier molecular flexibility index (Phi) is 4.74. The van der Waals surface area contributed by atoms with Crippen molar-refractivity contribution in [3.63, 3.8) is 0 Å². The first-order chi connectivity index (χ1) is 12.3. The van der Waals surface area contributed by atoms with Crippen molar-refractivity contribution in [2.45, 2.75) is 25.7 Å². The normalized spacial score (nSPS) is 21.6. The van der Waals surface area contributed by atoms with Crippen LogP contribution < -0.4 is 0 Å². The molecule has 132 valence electrons. The van der Waals surface area contributed by atoms with Gasteiger partial charge in [0.25, 0.3) is 0 Å². The highest BCUT2D eigenvalue weighted by Gasteiger charge is 2.32. The van der Waals surface area contributed by atoms with Crippen molar-refractivity contribution < 1.29 is 9.53 Å². The molecule has 1 atom stereocenters. The number of hydrogen-bond donors (Lipinski definition) is 1. The molecule has 2 aliphatic heterocycles. The van der Waals surface area contributed by atoms with Gasteiger partial charge in [-0.15, -0.1) is 0 Å². The van der Waals surface area contributed by atoms with Crippen molar-refractivity contribution in [2.24, 2.45) is 11.8 Å². The van der Waals surface area contributed by atoms with Crippen LogP contribution in [0.4, 0.5) is 0 Å². The number of ether oxygens (including phenoxy) is 1. The van der Waals surface area contributed by atoms with Crippen LogP contribution in [0.2, 0.25) is 0 Å². The van der Waals surface area contributed by atoms with Crippen LogP contribution in [-0.2, 0) is 16.0 Å². The number of pyridine rings is 1. The first-order valence-electron chi connectivity index (χ1n) is 8.98. The maximum Gasteiger partial charge on any atom is 0.225 e. The fourth-order valence-electron chi connectivity index (χ4n) is 3.69. The Morgan fingerprint density at radius 2 is 2.20 bits per heavy atom. The SMILES string of the molecule is O=C(C1CCOCC1)N1CCC(Cc2nc(-c3cccnc3)n[nH]2)C1. The second kappa shape index (κ2) is 7.31. The molecule has 2 aliphatic rings. The quantitative estimate of drug-likeness (QED) is 0.915. The molecule has 4 rings (SSSR count). The molecule has 1 amide bonds. The van der Waals surface area contributed by atoms with Gasteiger partial charge < -0.3 is 9.64 Å². The number of amides is 1. The van der Waals surface area contributed by atoms with Crippen LogP contribution in [0.15, 0.2) is 24.5 Å². The van der Waals surface area contributed by atoms with Crippen LogP contribution in [0.25, 0.3) is 11.4 Å². The molecule has 0 spiro atoms. The second-order valence-corrected chi connectivity index (χ2v) is 6.88. The molecule has 0 aromatic carbocycles. The molecular weight excluding hydrogens is 318 g/mol. The molecule has 2 fully saturated rings. The number of carbonyl (C=O) groups excluding carboxylic acids is 1. The van der Waals surface area contributed by atoms with Gasteiger partial charge in [0.1, 0.15) is 5.82 Å². The van der Waals surface area contributed by atoms with Crippen LogP contribution in [0, 0.1) is 11.8 Å². The zero-order valence-electron chi connectivity index (χ0n) is 14.2. The molecule has 4 heterocycles. The molecule has 2 aromatic rings. The van der Waals surface area contributed by atoms with Gasteiger partial charge in [-0.2, -0.15) is 5.10 Å². The van der Waals surface area contributed by atoms with E-state index in [0.29, 0.717) is 30.9 Å². The van der Waals surface area contributed by atoms with Crippen LogP contribution in [0.3, 0.4) is 0 Å². The molecule has 0 bridgehead atoms. The Morgan fingerprint density at radius 3 is 3.00 bits per heavy atom. The summed E-state index contributed by atoms with van der Waals surface area (Å²) in [5, 5.41) is 7.32. The van der Waals surface area contributed by atoms with Crippen molar-refractivity contribution in [1.29, 1.82) is 0 Å². The first kappa shape index (κ1) is 16.2. The third-order valence-corrected chi connectivity index (χ3v) is 5.10. The molecule has 0 saturated carbocycles. The number of rotatable bonds is 4. The fourth-order valence-corrected chi connectivity index (χ4v) is 3.69. The third kappa shape index (κ3) is 3.71. The van der Waals surface area contributed by atoms with Gasteiger partial charge in [-0.1, -0.05) is 0 Å². The zero-order valence-corrected chi connectivity index (χ0v) is 14.2. The lowest BCUT2D eigenvalue weighted by Gasteiger charge is -2.26. The number of carbonyl (C=O) groups is 1. The van der Waals surface area contributed by atoms with E-state index in [2.05, 4.69) is 20.2 Å². The third-order valence-electron chi connectivity index (χ3n) is 5.10. The number of aromatic nitrogens is 4. The van der Waals surface area contributed by atoms with Crippen molar-refractivity contribution in [2.75, 3.05) is 26.3 Å². The van der Waals surface area contributed by atoms with E-state index in [1.54, 1.807) is 12.4 Å². The summed E-state index contributed by atoms with van der Waals surface area (Å²) in [6, 6.07) is 3.83. The highest BCUT2D eigenvalue weighted by molar-refractivity contribution is 5.79. The first-order valence-corrected chi connectivity index (χ1v) is 8.98. The van der Waals surface area contributed by atoms with Crippen molar-refractivity contribution in [1.82, 2.24) is 25.1 Å². The predicted octanol–water partition coefficient (Wildman–Crippen LogP) is 1.68. The van der Waals surface area contributed by atoms with Gasteiger partial charge in [0.15, 0.2) is 5.82 Å². The molecule has 0 aliphatic carbocycles. The highest BCUT2D eigenvalue weighted by Crippen LogP contribution is 2.25. The van der Waals surface area contributed by atoms with Gasteiger partial charge in [-0.05, 0) is 37.3 Å². The number of hydrogen-bond acceptors (Lipinski definition) is 5. The topological polar surface area (TPSA) is 84.0 Å². The van der Waals surface area contributed by atoms with E-state index < -0.39 is 0 Å². The summed E-state index contributed by atoms with van der Waals surface area (Å²) in [6.07, 6.45) is 7.06. The number of likely N-dealkylation sites (tertiary alicyclic amines) is 1. The van der Waals surface area contributed by atoms with Crippen LogP contribution >= 0.6 is 0 Å². The lowest BCUT2D eigenvalue weighted by molar-refractivity contribution is -0.137. The van der Waals surface area contributed by atoms with E-state index in [0.717, 1.165) is 50.2 Å². The van der Waals surface area contributed by atoms with E-state index in [-0.39, 0.29) is 5.92 Å². The van der Waals surface area contributed by atoms with Gasteiger partial charge in [-0.3, -0.25) is 14.9 Å². The molecular formula is C18H23N5O2. The van der Waals surface area contributed by atoms with Crippen LogP contribution in [-0.4, -0.2) is 57.3 Å². The van der Waals surface area contributed by atoms with E-state index in [1.165, 1.54) is 0 Å². The minimum Gasteiger partial charge on any atom is -0.381 e. The number of aromatic amines is 1. The molecule has 7 heteroatoms.